The molecule has 0 saturated carbocycles. The molecule has 3 rings (SSSR count). The molecule has 0 radical (unpaired) electrons. The number of nitrogens with one attached hydrogen (secondary N) is 1. The Labute approximate surface area is 166 Å². The fourth-order valence-corrected chi connectivity index (χ4v) is 2.91. The van der Waals surface area contributed by atoms with Crippen molar-refractivity contribution in [2.45, 2.75) is 19.9 Å². The number of aromatic nitrogens is 1. The molecule has 1 atom stereocenters. The molecule has 1 amide bonds. The molecule has 1 heterocycles. The van der Waals surface area contributed by atoms with Crippen LogP contribution in [0.4, 0.5) is 11.4 Å². The highest BCUT2D eigenvalue weighted by Gasteiger charge is 2.23. The number of ether oxygens (including phenoxy) is 1. The summed E-state index contributed by atoms with van der Waals surface area (Å²) >= 11 is 0. The predicted molar refractivity (Wildman–Crippen MR) is 108 cm³/mol. The number of nitrogens with zero attached hydrogens (tertiary/aromatic N) is 2. The highest BCUT2D eigenvalue weighted by atomic mass is 16.6. The van der Waals surface area contributed by atoms with Gasteiger partial charge in [-0.3, -0.25) is 24.3 Å². The summed E-state index contributed by atoms with van der Waals surface area (Å²) in [7, 11) is 0. The van der Waals surface area contributed by atoms with Gasteiger partial charge in [-0.05, 0) is 50.2 Å². The van der Waals surface area contributed by atoms with E-state index in [1.807, 2.05) is 30.3 Å². The number of nitro groups is 1. The lowest BCUT2D eigenvalue weighted by Gasteiger charge is -2.17. The molecule has 8 heteroatoms. The number of hydrogen-bond acceptors (Lipinski definition) is 5. The average molecular weight is 393 g/mol. The third-order valence-electron chi connectivity index (χ3n) is 4.42. The van der Waals surface area contributed by atoms with Gasteiger partial charge in [0, 0.05) is 17.8 Å². The van der Waals surface area contributed by atoms with Gasteiger partial charge in [-0.1, -0.05) is 18.2 Å². The third-order valence-corrected chi connectivity index (χ3v) is 4.42. The van der Waals surface area contributed by atoms with Crippen LogP contribution >= 0.6 is 0 Å². The van der Waals surface area contributed by atoms with Gasteiger partial charge in [0.2, 0.25) is 5.91 Å². The van der Waals surface area contributed by atoms with Gasteiger partial charge in [-0.2, -0.15) is 0 Å². The van der Waals surface area contributed by atoms with E-state index in [1.165, 1.54) is 13.8 Å². The molecule has 0 aliphatic heterocycles. The second kappa shape index (κ2) is 8.39. The van der Waals surface area contributed by atoms with Gasteiger partial charge in [-0.25, -0.2) is 0 Å². The van der Waals surface area contributed by atoms with E-state index in [1.54, 1.807) is 24.3 Å². The molecule has 1 aromatic heterocycles. The minimum atomic E-state index is -0.928. The molecule has 0 aliphatic carbocycles. The first-order valence-corrected chi connectivity index (χ1v) is 8.87. The Bertz CT molecular complexity index is 1090. The Balaban J connectivity index is 1.74. The van der Waals surface area contributed by atoms with Crippen LogP contribution in [0.25, 0.3) is 0 Å². The van der Waals surface area contributed by atoms with E-state index in [-0.39, 0.29) is 11.4 Å². The summed E-state index contributed by atoms with van der Waals surface area (Å²) in [4.78, 5) is 35.3. The fourth-order valence-electron chi connectivity index (χ4n) is 2.91. The zero-order chi connectivity index (χ0) is 21.0. The Morgan fingerprint density at radius 1 is 1.03 bits per heavy atom. The lowest BCUT2D eigenvalue weighted by Crippen LogP contribution is -2.33. The number of anilines is 1. The van der Waals surface area contributed by atoms with Crippen molar-refractivity contribution in [2.24, 2.45) is 0 Å². The second-order valence-electron chi connectivity index (χ2n) is 6.37. The normalized spacial score (nSPS) is 11.5. The van der Waals surface area contributed by atoms with Crippen molar-refractivity contribution in [2.75, 3.05) is 5.32 Å². The van der Waals surface area contributed by atoms with Crippen LogP contribution < -0.4 is 15.6 Å². The number of carbonyl (C=O) groups is 1. The molecule has 29 heavy (non-hydrogen) atoms. The largest absolute Gasteiger partial charge is 0.457 e. The first-order chi connectivity index (χ1) is 13.9. The fraction of sp³-hybridized carbons (Fsp3) is 0.143. The molecular formula is C21H19N3O5. The predicted octanol–water partition coefficient (Wildman–Crippen LogP) is 4.06. The summed E-state index contributed by atoms with van der Waals surface area (Å²) in [5.74, 6) is 0.832. The number of benzene rings is 2. The van der Waals surface area contributed by atoms with Crippen LogP contribution in [0.15, 0.2) is 71.5 Å². The molecule has 0 fully saturated rings. The summed E-state index contributed by atoms with van der Waals surface area (Å²) in [6.45, 7) is 2.96. The lowest BCUT2D eigenvalue weighted by atomic mass is 10.2. The summed E-state index contributed by atoms with van der Waals surface area (Å²) < 4.78 is 6.81. The Hall–Kier alpha value is -3.94. The van der Waals surface area contributed by atoms with Gasteiger partial charge in [-0.15, -0.1) is 0 Å². The second-order valence-corrected chi connectivity index (χ2v) is 6.37. The van der Waals surface area contributed by atoms with Gasteiger partial charge in [0.15, 0.2) is 0 Å². The minimum absolute atomic E-state index is 0.122. The van der Waals surface area contributed by atoms with Gasteiger partial charge in [0.1, 0.15) is 17.5 Å². The van der Waals surface area contributed by atoms with Crippen molar-refractivity contribution in [3.8, 4) is 11.5 Å². The number of pyridine rings is 1. The first kappa shape index (κ1) is 19.8. The molecule has 0 saturated heterocycles. The molecule has 2 aromatic carbocycles. The van der Waals surface area contributed by atoms with Crippen molar-refractivity contribution >= 4 is 17.3 Å². The zero-order valence-corrected chi connectivity index (χ0v) is 15.9. The van der Waals surface area contributed by atoms with Crippen LogP contribution in [0.5, 0.6) is 11.5 Å². The third kappa shape index (κ3) is 4.49. The monoisotopic (exact) mass is 393 g/mol. The maximum absolute atomic E-state index is 12.6. The molecule has 1 unspecified atom stereocenters. The molecule has 3 aromatic rings. The van der Waals surface area contributed by atoms with Crippen LogP contribution in [0.3, 0.4) is 0 Å². The summed E-state index contributed by atoms with van der Waals surface area (Å²) in [6, 6.07) is 17.3. The number of para-hydroxylation sites is 1. The topological polar surface area (TPSA) is 103 Å². The Morgan fingerprint density at radius 2 is 1.66 bits per heavy atom. The van der Waals surface area contributed by atoms with Crippen LogP contribution in [0.2, 0.25) is 0 Å². The highest BCUT2D eigenvalue weighted by Crippen LogP contribution is 2.23. The Morgan fingerprint density at radius 3 is 2.28 bits per heavy atom. The summed E-state index contributed by atoms with van der Waals surface area (Å²) in [6.07, 6.45) is 0. The van der Waals surface area contributed by atoms with E-state index in [0.717, 1.165) is 16.7 Å². The van der Waals surface area contributed by atoms with Gasteiger partial charge in [0.05, 0.1) is 10.6 Å². The smallest absolute Gasteiger partial charge is 0.288 e. The quantitative estimate of drug-likeness (QED) is 0.502. The van der Waals surface area contributed by atoms with Gasteiger partial charge < -0.3 is 10.1 Å². The van der Waals surface area contributed by atoms with Crippen molar-refractivity contribution < 1.29 is 14.5 Å². The van der Waals surface area contributed by atoms with E-state index in [4.69, 9.17) is 4.74 Å². The molecule has 0 spiro atoms. The minimum Gasteiger partial charge on any atom is -0.457 e. The van der Waals surface area contributed by atoms with E-state index in [9.17, 15) is 19.7 Å². The van der Waals surface area contributed by atoms with E-state index in [2.05, 4.69) is 5.32 Å². The first-order valence-electron chi connectivity index (χ1n) is 8.87. The molecule has 1 N–H and O–H groups in total. The van der Waals surface area contributed by atoms with E-state index >= 15 is 0 Å². The highest BCUT2D eigenvalue weighted by molar-refractivity contribution is 5.93. The van der Waals surface area contributed by atoms with Crippen molar-refractivity contribution in [1.82, 2.24) is 4.57 Å². The molecule has 148 valence electrons. The summed E-state index contributed by atoms with van der Waals surface area (Å²) in [5, 5.41) is 13.8. The van der Waals surface area contributed by atoms with Crippen molar-refractivity contribution in [3.05, 3.63) is 92.9 Å². The van der Waals surface area contributed by atoms with Crippen LogP contribution in [-0.4, -0.2) is 15.4 Å². The van der Waals surface area contributed by atoms with Gasteiger partial charge >= 0.3 is 0 Å². The molecule has 0 aliphatic rings. The van der Waals surface area contributed by atoms with Crippen LogP contribution in [-0.2, 0) is 4.79 Å². The Kier molecular flexibility index (Phi) is 5.73. The SMILES string of the molecule is Cc1c([N+](=O)[O-])ccc(=O)n1C(C)C(=O)Nc1ccc(Oc2ccccc2)cc1. The van der Waals surface area contributed by atoms with Gasteiger partial charge in [0.25, 0.3) is 11.2 Å². The van der Waals surface area contributed by atoms with Crippen LogP contribution in [0.1, 0.15) is 18.7 Å². The van der Waals surface area contributed by atoms with Crippen molar-refractivity contribution in [3.63, 3.8) is 0 Å². The standard InChI is InChI=1S/C21H19N3O5/c1-14-19(24(27)28)12-13-20(25)23(14)15(2)21(26)22-16-8-10-18(11-9-16)29-17-6-4-3-5-7-17/h3-13,15H,1-2H3,(H,22,26). The number of hydrogen-bond donors (Lipinski definition) is 1. The zero-order valence-electron chi connectivity index (χ0n) is 15.9. The van der Waals surface area contributed by atoms with E-state index in [0.29, 0.717) is 17.2 Å². The average Bonchev–Trinajstić information content (AvgIpc) is 2.70. The number of amides is 1. The number of carbonyl (C=O) groups excluding carboxylic acids is 1. The van der Waals surface area contributed by atoms with Crippen molar-refractivity contribution in [1.29, 1.82) is 0 Å². The molecule has 8 nitrogen and oxygen atoms in total. The molecule has 0 bridgehead atoms. The number of rotatable bonds is 6. The van der Waals surface area contributed by atoms with E-state index < -0.39 is 22.4 Å². The maximum Gasteiger partial charge on any atom is 0.288 e. The van der Waals surface area contributed by atoms with Crippen LogP contribution in [0, 0.1) is 17.0 Å². The maximum atomic E-state index is 12.6. The summed E-state index contributed by atoms with van der Waals surface area (Å²) in [5.41, 5.74) is -0.0656. The lowest BCUT2D eigenvalue weighted by molar-refractivity contribution is -0.386. The molecular weight excluding hydrogens is 374 g/mol.